The van der Waals surface area contributed by atoms with Gasteiger partial charge in [-0.2, -0.15) is 0 Å². The highest BCUT2D eigenvalue weighted by Crippen LogP contribution is 0.711. The van der Waals surface area contributed by atoms with Gasteiger partial charge in [-0.15, -0.1) is 0 Å². The van der Waals surface area contributed by atoms with Gasteiger partial charge in [-0.1, -0.05) is 0 Å². The van der Waals surface area contributed by atoms with Crippen molar-refractivity contribution in [2.45, 2.75) is 0 Å². The van der Waals surface area contributed by atoms with Gasteiger partial charge in [-0.25, -0.2) is 5.26 Å². The number of hydrogen-bond acceptors (Lipinski definition) is 3. The van der Waals surface area contributed by atoms with E-state index in [2.05, 4.69) is 6.57 Å². The van der Waals surface area contributed by atoms with Gasteiger partial charge < -0.3 is 0 Å². The van der Waals surface area contributed by atoms with Crippen LogP contribution in [0.15, 0.2) is 0 Å². The lowest BCUT2D eigenvalue weighted by atomic mass is 11.9. The monoisotopic (exact) mass is 61.0 g/mol. The van der Waals surface area contributed by atoms with Crippen LogP contribution in [0.1, 0.15) is 0 Å². The maximum absolute atomic E-state index is 6.50. The second kappa shape index (κ2) is 13.8. The molecule has 0 saturated carbocycles. The Morgan fingerprint density at radius 1 is 1.25 bits per heavy atom. The van der Waals surface area contributed by atoms with Crippen LogP contribution in [0.4, 0.5) is 0 Å². The van der Waals surface area contributed by atoms with Crippen LogP contribution in [0.25, 0.3) is 0 Å². The Labute approximate surface area is 23.7 Å². The molecule has 0 heterocycles. The molecule has 2 N–H and O–H groups in total. The third-order valence-corrected chi connectivity index (χ3v) is 0. The van der Waals surface area contributed by atoms with Crippen LogP contribution in [0.2, 0.25) is 0 Å². The van der Waals surface area contributed by atoms with Crippen molar-refractivity contribution >= 4 is 0 Å². The Hall–Kier alpha value is -0.590. The van der Waals surface area contributed by atoms with Gasteiger partial charge in [0.05, 0.1) is 0 Å². The lowest BCUT2D eigenvalue weighted by molar-refractivity contribution is -0.176. The van der Waals surface area contributed by atoms with E-state index in [0.29, 0.717) is 0 Å². The topological polar surface area (TPSA) is 64.2 Å². The Kier molecular flexibility index (Phi) is 34.3. The summed E-state index contributed by atoms with van der Waals surface area (Å²) in [4.78, 5) is 0. The van der Waals surface area contributed by atoms with Crippen LogP contribution in [-0.4, -0.2) is 10.5 Å². The van der Waals surface area contributed by atoms with E-state index in [1.807, 2.05) is 0 Å². The Balaban J connectivity index is 0. The van der Waals surface area contributed by atoms with Crippen LogP contribution >= 0.6 is 0 Å². The SMILES string of the molecule is C#N.OO. The highest BCUT2D eigenvalue weighted by atomic mass is 17.0. The summed E-state index contributed by atoms with van der Waals surface area (Å²) in [5, 5.41) is 18.5. The molecule has 0 bridgehead atoms. The Bertz CT molecular complexity index is 10.8. The van der Waals surface area contributed by atoms with Gasteiger partial charge in [0, 0.05) is 6.57 Å². The molecule has 0 aromatic rings. The summed E-state index contributed by atoms with van der Waals surface area (Å²) in [7, 11) is 0. The summed E-state index contributed by atoms with van der Waals surface area (Å²) in [6, 6.07) is 0. The van der Waals surface area contributed by atoms with Crippen LogP contribution in [0.3, 0.4) is 0 Å². The fraction of sp³-hybridized carbons (Fsp3) is 0. The quantitative estimate of drug-likeness (QED) is 0.309. The molecule has 3 nitrogen and oxygen atoms in total. The molecule has 24 valence electrons. The lowest BCUT2D eigenvalue weighted by Gasteiger charge is -1.25. The van der Waals surface area contributed by atoms with Crippen molar-refractivity contribution < 1.29 is 10.5 Å². The molecular weight excluding hydrogens is 58.0 g/mol. The summed E-state index contributed by atoms with van der Waals surface area (Å²) >= 11 is 0. The largest absolute Gasteiger partial charge is 0.255 e. The predicted octanol–water partition coefficient (Wildman–Crippen LogP) is 0.157. The minimum absolute atomic E-state index is 3.50. The third kappa shape index (κ3) is 0.681. The molecule has 0 aliphatic rings. The fourth-order valence-corrected chi connectivity index (χ4v) is 0. The van der Waals surface area contributed by atoms with Gasteiger partial charge in [-0.05, 0) is 0 Å². The second-order valence-corrected chi connectivity index (χ2v) is 0. The molecule has 4 heavy (non-hydrogen) atoms. The molecule has 0 rings (SSSR count). The molecule has 0 unspecified atom stereocenters. The summed E-state index contributed by atoms with van der Waals surface area (Å²) in [6.45, 7) is 3.50. The predicted molar refractivity (Wildman–Crippen MR) is 11.9 cm³/mol. The fourth-order valence-electron chi connectivity index (χ4n) is 0. The van der Waals surface area contributed by atoms with E-state index in [4.69, 9.17) is 15.8 Å². The van der Waals surface area contributed by atoms with Crippen molar-refractivity contribution in [2.24, 2.45) is 0 Å². The van der Waals surface area contributed by atoms with E-state index < -0.39 is 0 Å². The number of nitriles is 1. The highest BCUT2D eigenvalue weighted by Gasteiger charge is 0.745. The maximum Gasteiger partial charge on any atom is 0.0462 e. The van der Waals surface area contributed by atoms with Crippen molar-refractivity contribution in [3.63, 3.8) is 0 Å². The van der Waals surface area contributed by atoms with Crippen LogP contribution < -0.4 is 0 Å². The number of hydrogen-bond donors (Lipinski definition) is 2. The van der Waals surface area contributed by atoms with Gasteiger partial charge in [0.2, 0.25) is 0 Å². The zero-order valence-corrected chi connectivity index (χ0v) is 1.92. The van der Waals surface area contributed by atoms with Gasteiger partial charge >= 0.3 is 0 Å². The van der Waals surface area contributed by atoms with Gasteiger partial charge in [0.15, 0.2) is 0 Å². The smallest absolute Gasteiger partial charge is 0.0462 e. The van der Waals surface area contributed by atoms with E-state index in [0.717, 1.165) is 0 Å². The minimum Gasteiger partial charge on any atom is -0.255 e. The molecule has 0 atom stereocenters. The number of nitrogens with zero attached hydrogens (tertiary/aromatic N) is 1. The van der Waals surface area contributed by atoms with Gasteiger partial charge in [0.25, 0.3) is 0 Å². The molecule has 0 aliphatic carbocycles. The van der Waals surface area contributed by atoms with E-state index >= 15 is 0 Å². The molecule has 0 aliphatic heterocycles. The van der Waals surface area contributed by atoms with Crippen molar-refractivity contribution in [3.8, 4) is 6.57 Å². The first-order chi connectivity index (χ1) is 2.00. The van der Waals surface area contributed by atoms with E-state index in [1.165, 1.54) is 0 Å². The zero-order valence-electron chi connectivity index (χ0n) is 1.92. The van der Waals surface area contributed by atoms with Crippen LogP contribution in [-0.2, 0) is 0 Å². The number of rotatable bonds is 0. The lowest BCUT2D eigenvalue weighted by Crippen LogP contribution is -1.29. The first kappa shape index (κ1) is 9.96. The van der Waals surface area contributed by atoms with E-state index in [9.17, 15) is 0 Å². The molecule has 0 aromatic heterocycles. The van der Waals surface area contributed by atoms with E-state index in [1.54, 1.807) is 0 Å². The average Bonchev–Trinajstić information content (AvgIpc) is 1.50. The molecule has 0 radical (unpaired) electrons. The third-order valence-electron chi connectivity index (χ3n) is 0. The second-order valence-electron chi connectivity index (χ2n) is 0. The molecule has 0 spiro atoms. The highest BCUT2D eigenvalue weighted by molar-refractivity contribution is 4.03. The Morgan fingerprint density at radius 3 is 1.25 bits per heavy atom. The molecule has 0 aromatic carbocycles. The normalized spacial score (nSPS) is 2.00. The van der Waals surface area contributed by atoms with Crippen LogP contribution in [0, 0.1) is 11.8 Å². The summed E-state index contributed by atoms with van der Waals surface area (Å²) in [5.41, 5.74) is 0. The molecule has 0 fully saturated rings. The van der Waals surface area contributed by atoms with E-state index in [-0.39, 0.29) is 0 Å². The standard InChI is InChI=1S/CHN.H2O2/c2*1-2/h1H;1-2H. The summed E-state index contributed by atoms with van der Waals surface area (Å²) < 4.78 is 0. The van der Waals surface area contributed by atoms with Crippen molar-refractivity contribution in [1.29, 1.82) is 5.26 Å². The Morgan fingerprint density at radius 2 is 1.25 bits per heavy atom. The molecule has 3 heteroatoms. The maximum atomic E-state index is 6.50. The first-order valence-corrected chi connectivity index (χ1v) is 0.458. The van der Waals surface area contributed by atoms with Gasteiger partial charge in [0.1, 0.15) is 0 Å². The van der Waals surface area contributed by atoms with Gasteiger partial charge in [-0.3, -0.25) is 10.5 Å². The zero-order chi connectivity index (χ0) is 4.00. The van der Waals surface area contributed by atoms with Crippen molar-refractivity contribution in [3.05, 3.63) is 0 Å². The minimum atomic E-state index is 3.50. The van der Waals surface area contributed by atoms with Crippen LogP contribution in [0.5, 0.6) is 0 Å². The van der Waals surface area contributed by atoms with Crippen molar-refractivity contribution in [1.82, 2.24) is 0 Å². The molecule has 0 saturated heterocycles. The average molecular weight is 61.0 g/mol. The summed E-state index contributed by atoms with van der Waals surface area (Å²) in [6.07, 6.45) is 0. The molecule has 0 amide bonds. The first-order valence-electron chi connectivity index (χ1n) is 0.458. The summed E-state index contributed by atoms with van der Waals surface area (Å²) in [5.74, 6) is 0. The van der Waals surface area contributed by atoms with Crippen molar-refractivity contribution in [2.75, 3.05) is 0 Å². The molecular formula is CH3NO2.